The highest BCUT2D eigenvalue weighted by Crippen LogP contribution is 2.23. The fourth-order valence-corrected chi connectivity index (χ4v) is 3.75. The minimum Gasteiger partial charge on any atom is -0.399 e. The Labute approximate surface area is 126 Å². The minimum absolute atomic E-state index is 0.150. The van der Waals surface area contributed by atoms with Crippen LogP contribution in [0.3, 0.4) is 0 Å². The number of nitrogens with one attached hydrogen (secondary N) is 1. The number of rotatable bonds is 6. The molecule has 1 aromatic carbocycles. The van der Waals surface area contributed by atoms with Gasteiger partial charge in [0.2, 0.25) is 10.0 Å². The standard InChI is InChI=1S/C12H15BrN4O2S/c13-11-4-3-10(14)9-12(11)20(18,19)16-6-2-8-17-7-1-5-15-17/h1,3-5,7,9,16H,2,6,8,14H2. The molecular weight excluding hydrogens is 344 g/mol. The van der Waals surface area contributed by atoms with Crippen LogP contribution in [-0.4, -0.2) is 24.7 Å². The maximum atomic E-state index is 12.1. The van der Waals surface area contributed by atoms with Crippen molar-refractivity contribution >= 4 is 31.6 Å². The molecule has 0 radical (unpaired) electrons. The van der Waals surface area contributed by atoms with Gasteiger partial charge in [-0.3, -0.25) is 4.68 Å². The van der Waals surface area contributed by atoms with Gasteiger partial charge in [-0.15, -0.1) is 0 Å². The summed E-state index contributed by atoms with van der Waals surface area (Å²) >= 11 is 3.22. The molecule has 1 aromatic heterocycles. The molecule has 0 saturated carbocycles. The van der Waals surface area contributed by atoms with Crippen molar-refractivity contribution < 1.29 is 8.42 Å². The molecule has 20 heavy (non-hydrogen) atoms. The molecule has 0 unspecified atom stereocenters. The van der Waals surface area contributed by atoms with E-state index in [1.807, 2.05) is 12.3 Å². The molecule has 0 fully saturated rings. The zero-order valence-corrected chi connectivity index (χ0v) is 13.1. The number of aryl methyl sites for hydroxylation is 1. The molecule has 0 aliphatic rings. The molecule has 1 heterocycles. The summed E-state index contributed by atoms with van der Waals surface area (Å²) in [5.74, 6) is 0. The van der Waals surface area contributed by atoms with Gasteiger partial charge in [-0.05, 0) is 46.6 Å². The Kier molecular flexibility index (Phi) is 4.79. The van der Waals surface area contributed by atoms with Gasteiger partial charge in [0.1, 0.15) is 0 Å². The molecule has 8 heteroatoms. The van der Waals surface area contributed by atoms with Gasteiger partial charge >= 0.3 is 0 Å². The van der Waals surface area contributed by atoms with Crippen molar-refractivity contribution in [3.8, 4) is 0 Å². The smallest absolute Gasteiger partial charge is 0.241 e. The molecule has 0 aliphatic carbocycles. The molecule has 0 spiro atoms. The highest BCUT2D eigenvalue weighted by atomic mass is 79.9. The quantitative estimate of drug-likeness (QED) is 0.606. The Morgan fingerprint density at radius 2 is 2.20 bits per heavy atom. The van der Waals surface area contributed by atoms with E-state index in [-0.39, 0.29) is 4.90 Å². The number of hydrogen-bond acceptors (Lipinski definition) is 4. The monoisotopic (exact) mass is 358 g/mol. The minimum atomic E-state index is -3.56. The summed E-state index contributed by atoms with van der Waals surface area (Å²) in [6, 6.07) is 6.52. The Hall–Kier alpha value is -1.38. The van der Waals surface area contributed by atoms with E-state index in [4.69, 9.17) is 5.73 Å². The van der Waals surface area contributed by atoms with Gasteiger partial charge in [-0.2, -0.15) is 5.10 Å². The number of hydrogen-bond donors (Lipinski definition) is 2. The molecule has 0 bridgehead atoms. The number of nitrogen functional groups attached to an aromatic ring is 1. The molecule has 3 N–H and O–H groups in total. The molecule has 0 amide bonds. The average Bonchev–Trinajstić information content (AvgIpc) is 2.90. The van der Waals surface area contributed by atoms with Crippen molar-refractivity contribution in [2.24, 2.45) is 0 Å². The second-order valence-corrected chi connectivity index (χ2v) is 6.80. The Morgan fingerprint density at radius 3 is 2.90 bits per heavy atom. The van der Waals surface area contributed by atoms with Crippen LogP contribution < -0.4 is 10.5 Å². The van der Waals surface area contributed by atoms with Crippen molar-refractivity contribution in [2.45, 2.75) is 17.9 Å². The van der Waals surface area contributed by atoms with E-state index in [2.05, 4.69) is 25.8 Å². The van der Waals surface area contributed by atoms with E-state index in [9.17, 15) is 8.42 Å². The summed E-state index contributed by atoms with van der Waals surface area (Å²) in [6.45, 7) is 0.997. The van der Waals surface area contributed by atoms with Crippen LogP contribution in [0.25, 0.3) is 0 Å². The van der Waals surface area contributed by atoms with E-state index >= 15 is 0 Å². The Balaban J connectivity index is 1.95. The van der Waals surface area contributed by atoms with E-state index in [0.29, 0.717) is 29.7 Å². The van der Waals surface area contributed by atoms with Crippen molar-refractivity contribution in [2.75, 3.05) is 12.3 Å². The molecule has 2 aromatic rings. The number of anilines is 1. The summed E-state index contributed by atoms with van der Waals surface area (Å²) in [4.78, 5) is 0.150. The lowest BCUT2D eigenvalue weighted by Gasteiger charge is -2.09. The number of nitrogens with two attached hydrogens (primary N) is 1. The van der Waals surface area contributed by atoms with Gasteiger partial charge in [-0.1, -0.05) is 0 Å². The maximum Gasteiger partial charge on any atom is 0.241 e. The van der Waals surface area contributed by atoms with Gasteiger partial charge < -0.3 is 5.73 Å². The fraction of sp³-hybridized carbons (Fsp3) is 0.250. The van der Waals surface area contributed by atoms with Crippen molar-refractivity contribution in [3.63, 3.8) is 0 Å². The third-order valence-corrected chi connectivity index (χ3v) is 5.11. The van der Waals surface area contributed by atoms with Crippen LogP contribution in [-0.2, 0) is 16.6 Å². The van der Waals surface area contributed by atoms with Crippen LogP contribution >= 0.6 is 15.9 Å². The van der Waals surface area contributed by atoms with Crippen molar-refractivity contribution in [1.29, 1.82) is 0 Å². The Bertz CT molecular complexity index is 671. The molecular formula is C12H15BrN4O2S. The fourth-order valence-electron chi connectivity index (χ4n) is 1.68. The SMILES string of the molecule is Nc1ccc(Br)c(S(=O)(=O)NCCCn2cccn2)c1. The third-order valence-electron chi connectivity index (χ3n) is 2.66. The maximum absolute atomic E-state index is 12.1. The average molecular weight is 359 g/mol. The van der Waals surface area contributed by atoms with Gasteiger partial charge in [0, 0.05) is 35.6 Å². The summed E-state index contributed by atoms with van der Waals surface area (Å²) in [6.07, 6.45) is 4.18. The van der Waals surface area contributed by atoms with E-state index in [1.54, 1.807) is 23.0 Å². The molecule has 6 nitrogen and oxygen atoms in total. The first-order chi connectivity index (χ1) is 9.49. The first kappa shape index (κ1) is 15.0. The number of nitrogens with zero attached hydrogens (tertiary/aromatic N) is 2. The zero-order chi connectivity index (χ0) is 14.6. The first-order valence-electron chi connectivity index (χ1n) is 6.01. The van der Waals surface area contributed by atoms with Crippen LogP contribution in [0.4, 0.5) is 5.69 Å². The lowest BCUT2D eigenvalue weighted by atomic mass is 10.3. The van der Waals surface area contributed by atoms with Gasteiger partial charge in [0.05, 0.1) is 4.90 Å². The molecule has 0 aliphatic heterocycles. The van der Waals surface area contributed by atoms with Crippen LogP contribution in [0.2, 0.25) is 0 Å². The third kappa shape index (κ3) is 3.81. The number of halogens is 1. The van der Waals surface area contributed by atoms with Crippen LogP contribution in [0.1, 0.15) is 6.42 Å². The molecule has 2 rings (SSSR count). The lowest BCUT2D eigenvalue weighted by Crippen LogP contribution is -2.26. The molecule has 108 valence electrons. The summed E-state index contributed by atoms with van der Waals surface area (Å²) in [7, 11) is -3.56. The zero-order valence-electron chi connectivity index (χ0n) is 10.7. The first-order valence-corrected chi connectivity index (χ1v) is 8.29. The summed E-state index contributed by atoms with van der Waals surface area (Å²) < 4.78 is 29.1. The van der Waals surface area contributed by atoms with Crippen LogP contribution in [0.5, 0.6) is 0 Å². The van der Waals surface area contributed by atoms with Gasteiger partial charge in [0.25, 0.3) is 0 Å². The highest BCUT2D eigenvalue weighted by molar-refractivity contribution is 9.10. The number of sulfonamides is 1. The predicted octanol–water partition coefficient (Wildman–Crippen LogP) is 1.60. The van der Waals surface area contributed by atoms with Crippen molar-refractivity contribution in [1.82, 2.24) is 14.5 Å². The second kappa shape index (κ2) is 6.38. The van der Waals surface area contributed by atoms with E-state index < -0.39 is 10.0 Å². The topological polar surface area (TPSA) is 90.0 Å². The lowest BCUT2D eigenvalue weighted by molar-refractivity contribution is 0.552. The predicted molar refractivity (Wildman–Crippen MR) is 80.6 cm³/mol. The summed E-state index contributed by atoms with van der Waals surface area (Å²) in [5, 5.41) is 4.05. The Morgan fingerprint density at radius 1 is 1.40 bits per heavy atom. The molecule has 0 saturated heterocycles. The largest absolute Gasteiger partial charge is 0.399 e. The normalized spacial score (nSPS) is 11.7. The van der Waals surface area contributed by atoms with E-state index in [0.717, 1.165) is 0 Å². The summed E-state index contributed by atoms with van der Waals surface area (Å²) in [5.41, 5.74) is 6.03. The van der Waals surface area contributed by atoms with Gasteiger partial charge in [0.15, 0.2) is 0 Å². The van der Waals surface area contributed by atoms with Crippen LogP contribution in [0, 0.1) is 0 Å². The van der Waals surface area contributed by atoms with Gasteiger partial charge in [-0.25, -0.2) is 13.1 Å². The van der Waals surface area contributed by atoms with Crippen molar-refractivity contribution in [3.05, 3.63) is 41.1 Å². The molecule has 0 atom stereocenters. The second-order valence-electron chi connectivity index (χ2n) is 4.21. The highest BCUT2D eigenvalue weighted by Gasteiger charge is 2.17. The number of benzene rings is 1. The number of aromatic nitrogens is 2. The van der Waals surface area contributed by atoms with E-state index in [1.165, 1.54) is 6.07 Å². The van der Waals surface area contributed by atoms with Crippen LogP contribution in [0.15, 0.2) is 46.0 Å².